The van der Waals surface area contributed by atoms with Crippen LogP contribution in [0, 0.1) is 17.8 Å². The zero-order valence-electron chi connectivity index (χ0n) is 25.1. The Kier molecular flexibility index (Phi) is 7.65. The number of amides is 5. The average molecular weight is 601 g/mol. The van der Waals surface area contributed by atoms with Crippen molar-refractivity contribution in [2.75, 3.05) is 18.4 Å². The molecule has 1 atom stereocenters. The Balaban J connectivity index is 1.19. The zero-order chi connectivity index (χ0) is 31.2. The topological polar surface area (TPSA) is 143 Å². The van der Waals surface area contributed by atoms with E-state index in [9.17, 15) is 24.0 Å². The van der Waals surface area contributed by atoms with Crippen LogP contribution < -0.4 is 10.6 Å². The van der Waals surface area contributed by atoms with Gasteiger partial charge in [-0.15, -0.1) is 0 Å². The van der Waals surface area contributed by atoms with E-state index < -0.39 is 35.3 Å². The van der Waals surface area contributed by atoms with Crippen molar-refractivity contribution in [3.8, 4) is 11.8 Å². The summed E-state index contributed by atoms with van der Waals surface area (Å²) >= 11 is 0. The zero-order valence-corrected chi connectivity index (χ0v) is 25.1. The molecule has 1 saturated carbocycles. The van der Waals surface area contributed by atoms with Gasteiger partial charge in [0.05, 0.1) is 23.4 Å². The molecule has 2 aromatic rings. The summed E-state index contributed by atoms with van der Waals surface area (Å²) in [5.74, 6) is 4.90. The van der Waals surface area contributed by atoms with E-state index in [0.29, 0.717) is 44.1 Å². The molecule has 0 radical (unpaired) electrons. The van der Waals surface area contributed by atoms with Crippen LogP contribution in [0.3, 0.4) is 0 Å². The molecule has 12 nitrogen and oxygen atoms in total. The number of fused-ring (bicyclic) bond motifs is 1. The van der Waals surface area contributed by atoms with Gasteiger partial charge in [0.15, 0.2) is 0 Å². The van der Waals surface area contributed by atoms with E-state index in [4.69, 9.17) is 9.84 Å². The van der Waals surface area contributed by atoms with Gasteiger partial charge in [-0.05, 0) is 70.9 Å². The van der Waals surface area contributed by atoms with Crippen molar-refractivity contribution < 1.29 is 28.7 Å². The molecular weight excluding hydrogens is 564 g/mol. The first-order valence-corrected chi connectivity index (χ1v) is 15.1. The summed E-state index contributed by atoms with van der Waals surface area (Å²) in [6.07, 6.45) is 5.21. The van der Waals surface area contributed by atoms with E-state index in [1.165, 1.54) is 0 Å². The van der Waals surface area contributed by atoms with E-state index in [-0.39, 0.29) is 36.1 Å². The normalized spacial score (nSPS) is 20.7. The Morgan fingerprint density at radius 1 is 1.07 bits per heavy atom. The largest absolute Gasteiger partial charge is 0.444 e. The SMILES string of the molecule is CC(C)(C)OC(=O)N1CCC(n2ncc(CNc3cccc4c3C(=O)N(C3CCC(=O)NC3=O)C4=O)c2C#CC2CC2)CC1. The third-order valence-corrected chi connectivity index (χ3v) is 8.24. The Bertz CT molecular complexity index is 1600. The number of hydrogen-bond acceptors (Lipinski definition) is 8. The van der Waals surface area contributed by atoms with Gasteiger partial charge in [-0.1, -0.05) is 12.0 Å². The second kappa shape index (κ2) is 11.4. The van der Waals surface area contributed by atoms with Crippen molar-refractivity contribution in [1.82, 2.24) is 24.9 Å². The minimum absolute atomic E-state index is 0.0591. The van der Waals surface area contributed by atoms with Crippen LogP contribution in [0.1, 0.15) is 97.3 Å². The number of carbonyl (C=O) groups excluding carboxylic acids is 5. The molecule has 4 heterocycles. The van der Waals surface area contributed by atoms with Crippen LogP contribution in [0.4, 0.5) is 10.5 Å². The molecule has 1 unspecified atom stereocenters. The smallest absolute Gasteiger partial charge is 0.410 e. The monoisotopic (exact) mass is 600 g/mol. The molecule has 6 rings (SSSR count). The van der Waals surface area contributed by atoms with Gasteiger partial charge in [-0.25, -0.2) is 4.79 Å². The van der Waals surface area contributed by atoms with Gasteiger partial charge in [0.25, 0.3) is 11.8 Å². The first-order valence-electron chi connectivity index (χ1n) is 15.1. The predicted molar refractivity (Wildman–Crippen MR) is 158 cm³/mol. The Morgan fingerprint density at radius 3 is 2.50 bits per heavy atom. The fourth-order valence-corrected chi connectivity index (χ4v) is 5.81. The number of carbonyl (C=O) groups is 5. The summed E-state index contributed by atoms with van der Waals surface area (Å²) in [4.78, 5) is 66.1. The number of nitrogens with zero attached hydrogens (tertiary/aromatic N) is 4. The molecule has 4 aliphatic rings. The second-order valence-corrected chi connectivity index (χ2v) is 12.7. The average Bonchev–Trinajstić information content (AvgIpc) is 3.67. The molecule has 3 fully saturated rings. The van der Waals surface area contributed by atoms with Crippen LogP contribution in [-0.2, 0) is 20.9 Å². The van der Waals surface area contributed by atoms with Crippen LogP contribution in [0.2, 0.25) is 0 Å². The van der Waals surface area contributed by atoms with Crippen LogP contribution >= 0.6 is 0 Å². The Labute approximate surface area is 255 Å². The van der Waals surface area contributed by atoms with Gasteiger partial charge in [0, 0.05) is 43.2 Å². The molecule has 230 valence electrons. The van der Waals surface area contributed by atoms with Crippen LogP contribution in [-0.4, -0.2) is 74.0 Å². The number of hydrogen-bond donors (Lipinski definition) is 2. The standard InChI is InChI=1S/C32H36N6O6/c1-32(2,3)44-31(43)36-15-13-21(14-16-36)38-24(10-9-19-7-8-19)20(18-34-38)17-33-23-6-4-5-22-27(23)30(42)37(29(22)41)25-11-12-26(39)35-28(25)40/h4-6,18-19,21,25,33H,7-8,11-17H2,1-3H3,(H,35,39,40). The summed E-state index contributed by atoms with van der Waals surface area (Å²) in [5, 5.41) is 10.2. The summed E-state index contributed by atoms with van der Waals surface area (Å²) in [5.41, 5.74) is 1.98. The van der Waals surface area contributed by atoms with E-state index in [1.54, 1.807) is 29.3 Å². The van der Waals surface area contributed by atoms with E-state index in [0.717, 1.165) is 29.0 Å². The minimum atomic E-state index is -1.03. The Hall–Kier alpha value is -4.66. The van der Waals surface area contributed by atoms with Crippen molar-refractivity contribution in [2.45, 2.75) is 83.5 Å². The lowest BCUT2D eigenvalue weighted by atomic mass is 10.0. The molecule has 2 saturated heterocycles. The van der Waals surface area contributed by atoms with Gasteiger partial charge in [0.1, 0.15) is 17.3 Å². The quantitative estimate of drug-likeness (QED) is 0.394. The van der Waals surface area contributed by atoms with E-state index in [1.807, 2.05) is 25.5 Å². The number of imide groups is 2. The number of anilines is 1. The lowest BCUT2D eigenvalue weighted by Crippen LogP contribution is -2.54. The van der Waals surface area contributed by atoms with Crippen LogP contribution in [0.15, 0.2) is 24.4 Å². The van der Waals surface area contributed by atoms with Gasteiger partial charge >= 0.3 is 6.09 Å². The second-order valence-electron chi connectivity index (χ2n) is 12.7. The number of aromatic nitrogens is 2. The highest BCUT2D eigenvalue weighted by Crippen LogP contribution is 2.33. The van der Waals surface area contributed by atoms with Crippen LogP contribution in [0.5, 0.6) is 0 Å². The third-order valence-electron chi connectivity index (χ3n) is 8.24. The number of rotatable bonds is 5. The van der Waals surface area contributed by atoms with Crippen molar-refractivity contribution >= 4 is 35.4 Å². The molecule has 0 spiro atoms. The molecule has 5 amide bonds. The number of piperidine rings is 2. The van der Waals surface area contributed by atoms with Gasteiger partial charge in [-0.3, -0.25) is 34.1 Å². The summed E-state index contributed by atoms with van der Waals surface area (Å²) in [7, 11) is 0. The highest BCUT2D eigenvalue weighted by molar-refractivity contribution is 6.25. The number of likely N-dealkylation sites (tertiary alicyclic amines) is 1. The Morgan fingerprint density at radius 2 is 1.82 bits per heavy atom. The maximum Gasteiger partial charge on any atom is 0.410 e. The predicted octanol–water partition coefficient (Wildman–Crippen LogP) is 3.23. The number of ether oxygens (including phenoxy) is 1. The molecule has 0 bridgehead atoms. The molecule has 1 aromatic heterocycles. The lowest BCUT2D eigenvalue weighted by molar-refractivity contribution is -0.136. The first kappa shape index (κ1) is 29.4. The van der Waals surface area contributed by atoms with Gasteiger partial charge < -0.3 is 15.0 Å². The van der Waals surface area contributed by atoms with Crippen molar-refractivity contribution in [2.24, 2.45) is 5.92 Å². The number of benzene rings is 1. The van der Waals surface area contributed by atoms with Gasteiger partial charge in [-0.2, -0.15) is 5.10 Å². The number of nitrogens with one attached hydrogen (secondary N) is 2. The molecule has 44 heavy (non-hydrogen) atoms. The molecular formula is C32H36N6O6. The summed E-state index contributed by atoms with van der Waals surface area (Å²) in [6, 6.07) is 4.02. The third kappa shape index (κ3) is 5.91. The van der Waals surface area contributed by atoms with E-state index >= 15 is 0 Å². The summed E-state index contributed by atoms with van der Waals surface area (Å²) in [6.45, 7) is 6.98. The molecule has 1 aliphatic carbocycles. The lowest BCUT2D eigenvalue weighted by Gasteiger charge is -2.33. The molecule has 1 aromatic carbocycles. The maximum absolute atomic E-state index is 13.5. The summed E-state index contributed by atoms with van der Waals surface area (Å²) < 4.78 is 7.49. The van der Waals surface area contributed by atoms with Crippen molar-refractivity contribution in [3.05, 3.63) is 46.8 Å². The van der Waals surface area contributed by atoms with Crippen molar-refractivity contribution in [1.29, 1.82) is 0 Å². The molecule has 12 heteroatoms. The van der Waals surface area contributed by atoms with E-state index in [2.05, 4.69) is 22.5 Å². The van der Waals surface area contributed by atoms with Crippen molar-refractivity contribution in [3.63, 3.8) is 0 Å². The van der Waals surface area contributed by atoms with Crippen LogP contribution in [0.25, 0.3) is 0 Å². The maximum atomic E-state index is 13.5. The molecule has 2 N–H and O–H groups in total. The fourth-order valence-electron chi connectivity index (χ4n) is 5.81. The van der Waals surface area contributed by atoms with Gasteiger partial charge in [0.2, 0.25) is 11.8 Å². The fraction of sp³-hybridized carbons (Fsp3) is 0.500. The highest BCUT2D eigenvalue weighted by Gasteiger charge is 2.45. The minimum Gasteiger partial charge on any atom is -0.444 e. The highest BCUT2D eigenvalue weighted by atomic mass is 16.6. The first-order chi connectivity index (χ1) is 21.0. The molecule has 3 aliphatic heterocycles.